The van der Waals surface area contributed by atoms with Gasteiger partial charge in [0.05, 0.1) is 24.2 Å². The predicted molar refractivity (Wildman–Crippen MR) is 133 cm³/mol. The van der Waals surface area contributed by atoms with Crippen LogP contribution in [0.2, 0.25) is 5.02 Å². The van der Waals surface area contributed by atoms with Gasteiger partial charge in [-0.3, -0.25) is 9.59 Å². The van der Waals surface area contributed by atoms with Crippen LogP contribution in [0, 0.1) is 0 Å². The topological polar surface area (TPSA) is 82.1 Å². The highest BCUT2D eigenvalue weighted by atomic mass is 35.5. The highest BCUT2D eigenvalue weighted by Gasteiger charge is 2.29. The fourth-order valence-electron chi connectivity index (χ4n) is 4.15. The number of aryl methyl sites for hydroxylation is 1. The number of hydrogen-bond donors (Lipinski definition) is 1. The minimum atomic E-state index is -0.905. The predicted octanol–water partition coefficient (Wildman–Crippen LogP) is 6.69. The smallest absolute Gasteiger partial charge is 0.311 e. The SMILES string of the molecule is CCOc1ccccc1CCCC(=O)c1ccc(Oc2cc3c(cc2Cl)C(C(=O)O)CCO3)cc1. The van der Waals surface area contributed by atoms with Crippen molar-refractivity contribution in [2.24, 2.45) is 0 Å². The molecule has 0 spiro atoms. The van der Waals surface area contributed by atoms with Crippen LogP contribution in [0.15, 0.2) is 60.7 Å². The van der Waals surface area contributed by atoms with Gasteiger partial charge in [0.15, 0.2) is 5.78 Å². The molecule has 1 aliphatic heterocycles. The van der Waals surface area contributed by atoms with E-state index in [1.54, 1.807) is 36.4 Å². The summed E-state index contributed by atoms with van der Waals surface area (Å²) < 4.78 is 17.2. The second-order valence-corrected chi connectivity index (χ2v) is 8.70. The maximum absolute atomic E-state index is 12.7. The Labute approximate surface area is 209 Å². The van der Waals surface area contributed by atoms with Gasteiger partial charge in [-0.25, -0.2) is 0 Å². The summed E-state index contributed by atoms with van der Waals surface area (Å²) in [7, 11) is 0. The molecule has 0 fully saturated rings. The molecule has 35 heavy (non-hydrogen) atoms. The zero-order valence-corrected chi connectivity index (χ0v) is 20.2. The van der Waals surface area contributed by atoms with Crippen molar-refractivity contribution in [2.75, 3.05) is 13.2 Å². The molecule has 0 aromatic heterocycles. The number of carboxylic acids is 1. The molecule has 3 aromatic carbocycles. The monoisotopic (exact) mass is 494 g/mol. The molecule has 0 saturated heterocycles. The Morgan fingerprint density at radius 2 is 1.86 bits per heavy atom. The Hall–Kier alpha value is -3.51. The van der Waals surface area contributed by atoms with Crippen LogP contribution in [0.25, 0.3) is 0 Å². The van der Waals surface area contributed by atoms with E-state index < -0.39 is 11.9 Å². The number of halogens is 1. The molecule has 0 bridgehead atoms. The number of carboxylic acid groups (broad SMARTS) is 1. The fourth-order valence-corrected chi connectivity index (χ4v) is 4.36. The number of rotatable bonds is 10. The molecular formula is C28H27ClO6. The van der Waals surface area contributed by atoms with E-state index in [0.717, 1.165) is 24.2 Å². The van der Waals surface area contributed by atoms with E-state index in [1.165, 1.54) is 0 Å². The molecule has 1 atom stereocenters. The summed E-state index contributed by atoms with van der Waals surface area (Å²) in [5, 5.41) is 9.73. The summed E-state index contributed by atoms with van der Waals surface area (Å²) in [6.07, 6.45) is 2.32. The van der Waals surface area contributed by atoms with Gasteiger partial charge >= 0.3 is 5.97 Å². The number of ketones is 1. The van der Waals surface area contributed by atoms with Crippen LogP contribution >= 0.6 is 11.6 Å². The quantitative estimate of drug-likeness (QED) is 0.316. The molecule has 1 N–H and O–H groups in total. The maximum Gasteiger partial charge on any atom is 0.311 e. The summed E-state index contributed by atoms with van der Waals surface area (Å²) in [6, 6.07) is 18.0. The number of aliphatic carboxylic acids is 1. The first-order valence-electron chi connectivity index (χ1n) is 11.7. The normalized spacial score (nSPS) is 14.5. The van der Waals surface area contributed by atoms with Gasteiger partial charge in [0, 0.05) is 23.6 Å². The number of carbonyl (C=O) groups excluding carboxylic acids is 1. The van der Waals surface area contributed by atoms with Crippen LogP contribution in [0.1, 0.15) is 53.6 Å². The molecule has 0 aliphatic carbocycles. The van der Waals surface area contributed by atoms with Crippen LogP contribution in [-0.4, -0.2) is 30.1 Å². The van der Waals surface area contributed by atoms with E-state index in [0.29, 0.717) is 59.5 Å². The van der Waals surface area contributed by atoms with E-state index in [1.807, 2.05) is 31.2 Å². The summed E-state index contributed by atoms with van der Waals surface area (Å²) >= 11 is 6.36. The highest BCUT2D eigenvalue weighted by Crippen LogP contribution is 2.41. The molecule has 0 saturated carbocycles. The standard InChI is InChI=1S/C28H27ClO6/c1-2-33-25-9-4-3-6-19(25)7-5-8-24(30)18-10-12-20(13-11-18)35-27-17-26-22(16-23(27)29)21(28(31)32)14-15-34-26/h3-4,6,9-13,16-17,21H,2,5,7-8,14-15H2,1H3,(H,31,32). The minimum absolute atomic E-state index is 0.0605. The molecule has 7 heteroatoms. The van der Waals surface area contributed by atoms with Crippen molar-refractivity contribution in [1.82, 2.24) is 0 Å². The summed E-state index contributed by atoms with van der Waals surface area (Å²) in [5.74, 6) is 0.712. The van der Waals surface area contributed by atoms with E-state index >= 15 is 0 Å². The number of carbonyl (C=O) groups is 2. The lowest BCUT2D eigenvalue weighted by molar-refractivity contribution is -0.139. The molecule has 6 nitrogen and oxygen atoms in total. The molecule has 1 heterocycles. The summed E-state index contributed by atoms with van der Waals surface area (Å²) in [5.41, 5.74) is 2.26. The zero-order valence-electron chi connectivity index (χ0n) is 19.5. The highest BCUT2D eigenvalue weighted by molar-refractivity contribution is 6.32. The van der Waals surface area contributed by atoms with Crippen LogP contribution < -0.4 is 14.2 Å². The van der Waals surface area contributed by atoms with Gasteiger partial charge < -0.3 is 19.3 Å². The van der Waals surface area contributed by atoms with Crippen molar-refractivity contribution in [3.8, 4) is 23.0 Å². The van der Waals surface area contributed by atoms with Gasteiger partial charge in [0.2, 0.25) is 0 Å². The molecule has 3 aromatic rings. The van der Waals surface area contributed by atoms with Crippen LogP contribution in [0.5, 0.6) is 23.0 Å². The number of Topliss-reactive ketones (excluding diaryl/α,β-unsaturated/α-hetero) is 1. The molecule has 182 valence electrons. The van der Waals surface area contributed by atoms with Gasteiger partial charge in [-0.05, 0) is 68.1 Å². The van der Waals surface area contributed by atoms with Gasteiger partial charge in [-0.1, -0.05) is 29.8 Å². The first-order chi connectivity index (χ1) is 17.0. The van der Waals surface area contributed by atoms with E-state index in [-0.39, 0.29) is 5.78 Å². The van der Waals surface area contributed by atoms with Gasteiger partial charge in [0.25, 0.3) is 0 Å². The minimum Gasteiger partial charge on any atom is -0.494 e. The number of para-hydroxylation sites is 1. The third kappa shape index (κ3) is 5.95. The van der Waals surface area contributed by atoms with E-state index in [9.17, 15) is 14.7 Å². The zero-order chi connectivity index (χ0) is 24.8. The number of fused-ring (bicyclic) bond motifs is 1. The third-order valence-electron chi connectivity index (χ3n) is 5.93. The maximum atomic E-state index is 12.7. The molecule has 1 unspecified atom stereocenters. The van der Waals surface area contributed by atoms with E-state index in [2.05, 4.69) is 0 Å². The Bertz CT molecular complexity index is 1200. The average Bonchev–Trinajstić information content (AvgIpc) is 2.85. The van der Waals surface area contributed by atoms with Crippen molar-refractivity contribution in [1.29, 1.82) is 0 Å². The van der Waals surface area contributed by atoms with Crippen molar-refractivity contribution in [3.05, 3.63) is 82.4 Å². The second kappa shape index (κ2) is 11.3. The van der Waals surface area contributed by atoms with Crippen LogP contribution in [0.3, 0.4) is 0 Å². The van der Waals surface area contributed by atoms with E-state index in [4.69, 9.17) is 25.8 Å². The van der Waals surface area contributed by atoms with Crippen molar-refractivity contribution in [2.45, 2.75) is 38.5 Å². The molecule has 4 rings (SSSR count). The largest absolute Gasteiger partial charge is 0.494 e. The lowest BCUT2D eigenvalue weighted by Gasteiger charge is -2.24. The van der Waals surface area contributed by atoms with Crippen molar-refractivity contribution in [3.63, 3.8) is 0 Å². The molecule has 0 radical (unpaired) electrons. The van der Waals surface area contributed by atoms with Gasteiger partial charge in [0.1, 0.15) is 23.0 Å². The summed E-state index contributed by atoms with van der Waals surface area (Å²) in [6.45, 7) is 2.88. The third-order valence-corrected chi connectivity index (χ3v) is 6.22. The van der Waals surface area contributed by atoms with Crippen molar-refractivity contribution < 1.29 is 28.9 Å². The lowest BCUT2D eigenvalue weighted by atomic mass is 9.93. The van der Waals surface area contributed by atoms with Crippen LogP contribution in [0.4, 0.5) is 0 Å². The second-order valence-electron chi connectivity index (χ2n) is 8.29. The first-order valence-corrected chi connectivity index (χ1v) is 12.0. The number of benzene rings is 3. The van der Waals surface area contributed by atoms with Crippen LogP contribution in [-0.2, 0) is 11.2 Å². The Kier molecular flexibility index (Phi) is 7.93. The average molecular weight is 495 g/mol. The summed E-state index contributed by atoms with van der Waals surface area (Å²) in [4.78, 5) is 24.2. The fraction of sp³-hybridized carbons (Fsp3) is 0.286. The Morgan fingerprint density at radius 1 is 1.09 bits per heavy atom. The molecular weight excluding hydrogens is 468 g/mol. The van der Waals surface area contributed by atoms with Gasteiger partial charge in [-0.15, -0.1) is 0 Å². The number of hydrogen-bond acceptors (Lipinski definition) is 5. The molecule has 0 amide bonds. The van der Waals surface area contributed by atoms with Gasteiger partial charge in [-0.2, -0.15) is 0 Å². The van der Waals surface area contributed by atoms with Crippen molar-refractivity contribution >= 4 is 23.4 Å². The Morgan fingerprint density at radius 3 is 2.60 bits per heavy atom. The molecule has 1 aliphatic rings. The Balaban J connectivity index is 1.37. The first kappa shape index (κ1) is 24.6. The number of ether oxygens (including phenoxy) is 3. The lowest BCUT2D eigenvalue weighted by Crippen LogP contribution is -2.20.